The van der Waals surface area contributed by atoms with Gasteiger partial charge in [-0.1, -0.05) is 0 Å². The minimum Gasteiger partial charge on any atom is -0.495 e. The fourth-order valence-corrected chi connectivity index (χ4v) is 1.70. The van der Waals surface area contributed by atoms with E-state index in [9.17, 15) is 13.2 Å². The van der Waals surface area contributed by atoms with Crippen molar-refractivity contribution in [2.45, 2.75) is 0 Å². The number of carbonyl (C=O) groups is 1. The predicted molar refractivity (Wildman–Crippen MR) is 61.1 cm³/mol. The summed E-state index contributed by atoms with van der Waals surface area (Å²) in [5, 5.41) is 2.41. The highest BCUT2D eigenvalue weighted by Crippen LogP contribution is 2.28. The maximum absolute atomic E-state index is 11.1. The lowest BCUT2D eigenvalue weighted by atomic mass is 10.2. The summed E-state index contributed by atoms with van der Waals surface area (Å²) in [5.74, 6) is 0.377. The van der Waals surface area contributed by atoms with E-state index in [1.54, 1.807) is 12.1 Å². The van der Waals surface area contributed by atoms with Crippen LogP contribution in [0.5, 0.6) is 5.75 Å². The lowest BCUT2D eigenvalue weighted by Crippen LogP contribution is -2.10. The second-order valence-electron chi connectivity index (χ2n) is 3.05. The molecule has 1 amide bonds. The Kier molecular flexibility index (Phi) is 3.73. The molecule has 0 aromatic heterocycles. The monoisotopic (exact) mass is 244 g/mol. The van der Waals surface area contributed by atoms with Gasteiger partial charge in [-0.2, -0.15) is 0 Å². The molecule has 7 heteroatoms. The molecule has 0 aliphatic heterocycles. The van der Waals surface area contributed by atoms with Gasteiger partial charge in [-0.25, -0.2) is 8.42 Å². The number of benzene rings is 1. The fourth-order valence-electron chi connectivity index (χ4n) is 1.15. The van der Waals surface area contributed by atoms with E-state index in [4.69, 9.17) is 4.74 Å². The number of ether oxygens (including phenoxy) is 1. The number of hydrogen-bond acceptors (Lipinski definition) is 4. The summed E-state index contributed by atoms with van der Waals surface area (Å²) in [6.45, 7) is 0. The zero-order valence-electron chi connectivity index (χ0n) is 8.85. The molecule has 0 aliphatic carbocycles. The average Bonchev–Trinajstić information content (AvgIpc) is 2.16. The number of rotatable bonds is 5. The van der Waals surface area contributed by atoms with Gasteiger partial charge >= 0.3 is 0 Å². The van der Waals surface area contributed by atoms with E-state index in [0.29, 0.717) is 17.8 Å². The Morgan fingerprint density at radius 1 is 1.38 bits per heavy atom. The van der Waals surface area contributed by atoms with Gasteiger partial charge in [0, 0.05) is 5.69 Å². The SMILES string of the molecule is COc1ccc(NC=O)cc1NS(C)(=O)=O. The molecule has 88 valence electrons. The summed E-state index contributed by atoms with van der Waals surface area (Å²) in [6.07, 6.45) is 1.54. The van der Waals surface area contributed by atoms with Crippen LogP contribution in [0.4, 0.5) is 11.4 Å². The molecule has 1 rings (SSSR count). The second kappa shape index (κ2) is 4.84. The third-order valence-corrected chi connectivity index (χ3v) is 2.31. The Hall–Kier alpha value is -1.76. The summed E-state index contributed by atoms with van der Waals surface area (Å²) in [5.41, 5.74) is 0.749. The topological polar surface area (TPSA) is 84.5 Å². The van der Waals surface area contributed by atoms with Crippen LogP contribution in [0.1, 0.15) is 0 Å². The van der Waals surface area contributed by atoms with Crippen molar-refractivity contribution in [3.63, 3.8) is 0 Å². The highest BCUT2D eigenvalue weighted by molar-refractivity contribution is 7.92. The molecule has 0 heterocycles. The van der Waals surface area contributed by atoms with Crippen LogP contribution < -0.4 is 14.8 Å². The zero-order chi connectivity index (χ0) is 12.2. The molecule has 0 spiro atoms. The zero-order valence-corrected chi connectivity index (χ0v) is 9.67. The van der Waals surface area contributed by atoms with Gasteiger partial charge in [0.15, 0.2) is 0 Å². The number of anilines is 2. The highest BCUT2D eigenvalue weighted by atomic mass is 32.2. The first kappa shape index (κ1) is 12.3. The van der Waals surface area contributed by atoms with E-state index in [-0.39, 0.29) is 5.69 Å². The number of amides is 1. The van der Waals surface area contributed by atoms with Crippen molar-refractivity contribution in [2.75, 3.05) is 23.4 Å². The van der Waals surface area contributed by atoms with Crippen molar-refractivity contribution < 1.29 is 17.9 Å². The van der Waals surface area contributed by atoms with Crippen molar-refractivity contribution in [3.05, 3.63) is 18.2 Å². The van der Waals surface area contributed by atoms with Crippen molar-refractivity contribution in [1.82, 2.24) is 0 Å². The maximum atomic E-state index is 11.1. The average molecular weight is 244 g/mol. The number of carbonyl (C=O) groups excluding carboxylic acids is 1. The van der Waals surface area contributed by atoms with Gasteiger partial charge in [-0.15, -0.1) is 0 Å². The van der Waals surface area contributed by atoms with Crippen LogP contribution in [-0.2, 0) is 14.8 Å². The molecule has 0 saturated heterocycles. The minimum atomic E-state index is -3.39. The van der Waals surface area contributed by atoms with Crippen molar-refractivity contribution in [3.8, 4) is 5.75 Å². The molecule has 0 bridgehead atoms. The number of methoxy groups -OCH3 is 1. The Morgan fingerprint density at radius 3 is 2.56 bits per heavy atom. The second-order valence-corrected chi connectivity index (χ2v) is 4.80. The summed E-state index contributed by atoms with van der Waals surface area (Å²) < 4.78 is 29.4. The molecule has 0 unspecified atom stereocenters. The lowest BCUT2D eigenvalue weighted by Gasteiger charge is -2.10. The first-order valence-corrected chi connectivity index (χ1v) is 6.21. The summed E-state index contributed by atoms with van der Waals surface area (Å²) in [7, 11) is -1.96. The van der Waals surface area contributed by atoms with E-state index < -0.39 is 10.0 Å². The van der Waals surface area contributed by atoms with E-state index in [1.165, 1.54) is 13.2 Å². The molecular weight excluding hydrogens is 232 g/mol. The lowest BCUT2D eigenvalue weighted by molar-refractivity contribution is -0.105. The largest absolute Gasteiger partial charge is 0.495 e. The third-order valence-electron chi connectivity index (χ3n) is 1.72. The van der Waals surface area contributed by atoms with Gasteiger partial charge in [0.25, 0.3) is 0 Å². The van der Waals surface area contributed by atoms with Crippen LogP contribution in [-0.4, -0.2) is 28.2 Å². The summed E-state index contributed by atoms with van der Waals surface area (Å²) >= 11 is 0. The number of sulfonamides is 1. The Balaban J connectivity index is 3.11. The van der Waals surface area contributed by atoms with Crippen LogP contribution >= 0.6 is 0 Å². The van der Waals surface area contributed by atoms with Gasteiger partial charge in [0.1, 0.15) is 5.75 Å². The Morgan fingerprint density at radius 2 is 2.06 bits per heavy atom. The molecule has 6 nitrogen and oxygen atoms in total. The molecule has 0 aliphatic rings. The quantitative estimate of drug-likeness (QED) is 0.744. The standard InChI is InChI=1S/C9H12N2O4S/c1-15-9-4-3-7(10-6-12)5-8(9)11-16(2,13)14/h3-6,11H,1-2H3,(H,10,12). The van der Waals surface area contributed by atoms with E-state index >= 15 is 0 Å². The highest BCUT2D eigenvalue weighted by Gasteiger charge is 2.08. The van der Waals surface area contributed by atoms with Gasteiger partial charge in [0.2, 0.25) is 16.4 Å². The molecule has 0 atom stereocenters. The van der Waals surface area contributed by atoms with Crippen LogP contribution in [0.2, 0.25) is 0 Å². The first-order valence-electron chi connectivity index (χ1n) is 4.32. The maximum Gasteiger partial charge on any atom is 0.229 e. The van der Waals surface area contributed by atoms with E-state index in [1.807, 2.05) is 0 Å². The van der Waals surface area contributed by atoms with Gasteiger partial charge in [-0.3, -0.25) is 9.52 Å². The van der Waals surface area contributed by atoms with Gasteiger partial charge in [0.05, 0.1) is 19.1 Å². The summed E-state index contributed by atoms with van der Waals surface area (Å²) in [6, 6.07) is 4.62. The van der Waals surface area contributed by atoms with Crippen molar-refractivity contribution in [1.29, 1.82) is 0 Å². The minimum absolute atomic E-state index is 0.275. The number of hydrogen-bond donors (Lipinski definition) is 2. The molecular formula is C9H12N2O4S. The van der Waals surface area contributed by atoms with E-state index in [2.05, 4.69) is 10.0 Å². The number of nitrogens with one attached hydrogen (secondary N) is 2. The van der Waals surface area contributed by atoms with Crippen LogP contribution in [0.3, 0.4) is 0 Å². The summed E-state index contributed by atoms with van der Waals surface area (Å²) in [4.78, 5) is 10.2. The molecule has 1 aromatic carbocycles. The predicted octanol–water partition coefficient (Wildman–Crippen LogP) is 0.635. The van der Waals surface area contributed by atoms with Crippen molar-refractivity contribution >= 4 is 27.8 Å². The molecule has 0 saturated carbocycles. The first-order chi connectivity index (χ1) is 7.46. The normalized spacial score (nSPS) is 10.6. The molecule has 0 radical (unpaired) electrons. The fraction of sp³-hybridized carbons (Fsp3) is 0.222. The molecule has 16 heavy (non-hydrogen) atoms. The van der Waals surface area contributed by atoms with Gasteiger partial charge in [-0.05, 0) is 18.2 Å². The van der Waals surface area contributed by atoms with E-state index in [0.717, 1.165) is 6.26 Å². The van der Waals surface area contributed by atoms with Crippen molar-refractivity contribution in [2.24, 2.45) is 0 Å². The smallest absolute Gasteiger partial charge is 0.229 e. The third kappa shape index (κ3) is 3.43. The molecule has 1 aromatic rings. The van der Waals surface area contributed by atoms with Crippen LogP contribution in [0.25, 0.3) is 0 Å². The molecule has 2 N–H and O–H groups in total. The van der Waals surface area contributed by atoms with Crippen LogP contribution in [0.15, 0.2) is 18.2 Å². The Bertz CT molecular complexity index is 484. The van der Waals surface area contributed by atoms with Gasteiger partial charge < -0.3 is 10.1 Å². The molecule has 0 fully saturated rings. The Labute approximate surface area is 93.7 Å². The van der Waals surface area contributed by atoms with Crippen LogP contribution in [0, 0.1) is 0 Å².